The van der Waals surface area contributed by atoms with Crippen molar-refractivity contribution in [2.45, 2.75) is 38.5 Å². The Balaban J connectivity index is 1.79. The predicted molar refractivity (Wildman–Crippen MR) is 98.6 cm³/mol. The van der Waals surface area contributed by atoms with E-state index < -0.39 is 0 Å². The maximum Gasteiger partial charge on any atom is 0.159 e. The summed E-state index contributed by atoms with van der Waals surface area (Å²) in [7, 11) is 0. The first-order valence-electron chi connectivity index (χ1n) is 9.10. The van der Waals surface area contributed by atoms with Crippen molar-refractivity contribution in [3.8, 4) is 11.5 Å². The molecule has 2 unspecified atom stereocenters. The molecule has 0 saturated heterocycles. The standard InChI is InChI=1S/C22H22O4/c1-13(23)15-3-5-21-19(11-15)17(7-9-25-21)18-8-10-26-22-6-4-16(14(2)24)12-20(18)22/h3-6,11-12,17-18H,7-10H2,1-2H3. The van der Waals surface area contributed by atoms with Gasteiger partial charge in [-0.05, 0) is 86.1 Å². The average molecular weight is 350 g/mol. The lowest BCUT2D eigenvalue weighted by Crippen LogP contribution is -2.25. The molecule has 0 N–H and O–H groups in total. The molecule has 134 valence electrons. The van der Waals surface area contributed by atoms with E-state index in [0.29, 0.717) is 24.3 Å². The van der Waals surface area contributed by atoms with Gasteiger partial charge in [-0.25, -0.2) is 0 Å². The van der Waals surface area contributed by atoms with E-state index in [2.05, 4.69) is 0 Å². The molecule has 0 saturated carbocycles. The number of benzene rings is 2. The van der Waals surface area contributed by atoms with Crippen molar-refractivity contribution in [2.24, 2.45) is 0 Å². The number of carbonyl (C=O) groups is 2. The Bertz CT molecular complexity index is 810. The van der Waals surface area contributed by atoms with Crippen LogP contribution in [0.5, 0.6) is 11.5 Å². The smallest absolute Gasteiger partial charge is 0.159 e. The van der Waals surface area contributed by atoms with Crippen LogP contribution in [0.15, 0.2) is 36.4 Å². The van der Waals surface area contributed by atoms with Crippen LogP contribution in [0.4, 0.5) is 0 Å². The second-order valence-corrected chi connectivity index (χ2v) is 7.10. The lowest BCUT2D eigenvalue weighted by molar-refractivity contribution is 0.100. The molecule has 2 aromatic rings. The molecule has 0 fully saturated rings. The lowest BCUT2D eigenvalue weighted by atomic mass is 9.75. The summed E-state index contributed by atoms with van der Waals surface area (Å²) in [6.45, 7) is 4.50. The second kappa shape index (κ2) is 6.60. The zero-order valence-corrected chi connectivity index (χ0v) is 15.1. The van der Waals surface area contributed by atoms with E-state index in [-0.39, 0.29) is 23.4 Å². The molecular formula is C22H22O4. The van der Waals surface area contributed by atoms with Gasteiger partial charge in [0.25, 0.3) is 0 Å². The first-order chi connectivity index (χ1) is 12.5. The summed E-state index contributed by atoms with van der Waals surface area (Å²) >= 11 is 0. The average Bonchev–Trinajstić information content (AvgIpc) is 2.66. The van der Waals surface area contributed by atoms with Gasteiger partial charge >= 0.3 is 0 Å². The van der Waals surface area contributed by atoms with E-state index in [1.165, 1.54) is 0 Å². The fourth-order valence-electron chi connectivity index (χ4n) is 4.12. The number of ether oxygens (including phenoxy) is 2. The highest BCUT2D eigenvalue weighted by Gasteiger charge is 2.34. The van der Waals surface area contributed by atoms with Crippen LogP contribution in [0.25, 0.3) is 0 Å². The van der Waals surface area contributed by atoms with Crippen LogP contribution in [-0.2, 0) is 0 Å². The largest absolute Gasteiger partial charge is 0.493 e. The van der Waals surface area contributed by atoms with Crippen LogP contribution in [0, 0.1) is 0 Å². The number of ketones is 2. The summed E-state index contributed by atoms with van der Waals surface area (Å²) in [4.78, 5) is 23.7. The summed E-state index contributed by atoms with van der Waals surface area (Å²) < 4.78 is 11.7. The van der Waals surface area contributed by atoms with Gasteiger partial charge in [0.05, 0.1) is 13.2 Å². The molecule has 2 aromatic carbocycles. The predicted octanol–water partition coefficient (Wildman–Crippen LogP) is 4.52. The quantitative estimate of drug-likeness (QED) is 0.764. The minimum atomic E-state index is 0.0587. The zero-order chi connectivity index (χ0) is 18.3. The van der Waals surface area contributed by atoms with Gasteiger partial charge in [0.15, 0.2) is 11.6 Å². The van der Waals surface area contributed by atoms with Gasteiger partial charge in [0, 0.05) is 11.1 Å². The van der Waals surface area contributed by atoms with Crippen LogP contribution in [0.3, 0.4) is 0 Å². The molecule has 0 spiro atoms. The maximum absolute atomic E-state index is 11.8. The van der Waals surface area contributed by atoms with Gasteiger partial charge in [-0.1, -0.05) is 0 Å². The third-order valence-electron chi connectivity index (χ3n) is 5.49. The highest BCUT2D eigenvalue weighted by atomic mass is 16.5. The molecule has 0 aliphatic carbocycles. The van der Waals surface area contributed by atoms with Gasteiger partial charge in [-0.15, -0.1) is 0 Å². The first kappa shape index (κ1) is 16.8. The molecule has 4 heteroatoms. The third-order valence-corrected chi connectivity index (χ3v) is 5.49. The molecule has 4 nitrogen and oxygen atoms in total. The van der Waals surface area contributed by atoms with Gasteiger partial charge in [0.2, 0.25) is 0 Å². The summed E-state index contributed by atoms with van der Waals surface area (Å²) in [5, 5.41) is 0. The van der Waals surface area contributed by atoms with E-state index in [4.69, 9.17) is 9.47 Å². The van der Waals surface area contributed by atoms with Crippen molar-refractivity contribution in [1.82, 2.24) is 0 Å². The molecule has 2 aliphatic heterocycles. The molecule has 2 heterocycles. The van der Waals surface area contributed by atoms with Crippen molar-refractivity contribution < 1.29 is 19.1 Å². The van der Waals surface area contributed by atoms with Gasteiger partial charge in [0.1, 0.15) is 11.5 Å². The van der Waals surface area contributed by atoms with Crippen molar-refractivity contribution in [3.05, 3.63) is 58.7 Å². The van der Waals surface area contributed by atoms with Gasteiger partial charge < -0.3 is 9.47 Å². The lowest BCUT2D eigenvalue weighted by Gasteiger charge is -2.36. The van der Waals surface area contributed by atoms with E-state index >= 15 is 0 Å². The third kappa shape index (κ3) is 2.90. The number of rotatable bonds is 3. The van der Waals surface area contributed by atoms with Crippen molar-refractivity contribution in [3.63, 3.8) is 0 Å². The number of fused-ring (bicyclic) bond motifs is 2. The number of hydrogen-bond donors (Lipinski definition) is 0. The second-order valence-electron chi connectivity index (χ2n) is 7.10. The van der Waals surface area contributed by atoms with Crippen molar-refractivity contribution >= 4 is 11.6 Å². The fourth-order valence-corrected chi connectivity index (χ4v) is 4.12. The van der Waals surface area contributed by atoms with Crippen LogP contribution in [0.2, 0.25) is 0 Å². The van der Waals surface area contributed by atoms with Gasteiger partial charge in [-0.2, -0.15) is 0 Å². The number of carbonyl (C=O) groups excluding carboxylic acids is 2. The minimum Gasteiger partial charge on any atom is -0.493 e. The van der Waals surface area contributed by atoms with E-state index in [1.807, 2.05) is 36.4 Å². The van der Waals surface area contributed by atoms with Crippen LogP contribution >= 0.6 is 0 Å². The topological polar surface area (TPSA) is 52.6 Å². The molecule has 0 aromatic heterocycles. The first-order valence-corrected chi connectivity index (χ1v) is 9.10. The van der Waals surface area contributed by atoms with E-state index in [9.17, 15) is 9.59 Å². The molecule has 26 heavy (non-hydrogen) atoms. The number of hydrogen-bond acceptors (Lipinski definition) is 4. The monoisotopic (exact) mass is 350 g/mol. The van der Waals surface area contributed by atoms with Crippen molar-refractivity contribution in [2.75, 3.05) is 13.2 Å². The Hall–Kier alpha value is -2.62. The van der Waals surface area contributed by atoms with Crippen LogP contribution < -0.4 is 9.47 Å². The molecule has 2 atom stereocenters. The minimum absolute atomic E-state index is 0.0587. The van der Waals surface area contributed by atoms with E-state index in [1.54, 1.807) is 13.8 Å². The number of Topliss-reactive ketones (excluding diaryl/α,β-unsaturated/α-hetero) is 2. The fraction of sp³-hybridized carbons (Fsp3) is 0.364. The molecule has 2 aliphatic rings. The Kier molecular flexibility index (Phi) is 4.27. The molecular weight excluding hydrogens is 328 g/mol. The highest BCUT2D eigenvalue weighted by Crippen LogP contribution is 2.48. The Morgan fingerprint density at radius 2 is 1.19 bits per heavy atom. The summed E-state index contributed by atoms with van der Waals surface area (Å²) in [5.74, 6) is 2.35. The molecule has 0 bridgehead atoms. The summed E-state index contributed by atoms with van der Waals surface area (Å²) in [6.07, 6.45) is 1.78. The van der Waals surface area contributed by atoms with Crippen molar-refractivity contribution in [1.29, 1.82) is 0 Å². The van der Waals surface area contributed by atoms with Gasteiger partial charge in [-0.3, -0.25) is 9.59 Å². The SMILES string of the molecule is CC(=O)c1ccc2c(c1)C(C1CCOc3ccc(C(C)=O)cc31)CCO2. The maximum atomic E-state index is 11.8. The zero-order valence-electron chi connectivity index (χ0n) is 15.1. The van der Waals surface area contributed by atoms with E-state index in [0.717, 1.165) is 35.5 Å². The molecule has 4 rings (SSSR count). The Morgan fingerprint density at radius 1 is 0.769 bits per heavy atom. The van der Waals surface area contributed by atoms with Crippen LogP contribution in [0.1, 0.15) is 70.4 Å². The summed E-state index contributed by atoms with van der Waals surface area (Å²) in [6, 6.07) is 11.4. The Labute approximate surface area is 153 Å². The highest BCUT2D eigenvalue weighted by molar-refractivity contribution is 5.95. The normalized spacial score (nSPS) is 21.0. The molecule has 0 radical (unpaired) electrons. The Morgan fingerprint density at radius 3 is 1.58 bits per heavy atom. The molecule has 0 amide bonds. The summed E-state index contributed by atoms with van der Waals surface area (Å²) in [5.41, 5.74) is 3.61. The van der Waals surface area contributed by atoms with Crippen LogP contribution in [-0.4, -0.2) is 24.8 Å².